The van der Waals surface area contributed by atoms with E-state index in [9.17, 15) is 9.59 Å². The fraction of sp³-hybridized carbons (Fsp3) is 0.929. The Morgan fingerprint density at radius 1 is 0.594 bits per heavy atom. The molecule has 1 aliphatic carbocycles. The van der Waals surface area contributed by atoms with Gasteiger partial charge in [0.25, 0.3) is 0 Å². The van der Waals surface area contributed by atoms with Crippen LogP contribution in [-0.4, -0.2) is 25.2 Å². The molecule has 0 heterocycles. The maximum atomic E-state index is 12.6. The van der Waals surface area contributed by atoms with Crippen molar-refractivity contribution in [2.75, 3.05) is 13.2 Å². The molecule has 0 aliphatic heterocycles. The van der Waals surface area contributed by atoms with Crippen LogP contribution in [-0.2, 0) is 19.1 Å². The molecule has 0 amide bonds. The van der Waals surface area contributed by atoms with Crippen molar-refractivity contribution in [3.8, 4) is 0 Å². The molecule has 188 valence electrons. The molecule has 0 N–H and O–H groups in total. The van der Waals surface area contributed by atoms with Crippen molar-refractivity contribution in [1.82, 2.24) is 0 Å². The van der Waals surface area contributed by atoms with Crippen LogP contribution in [0.2, 0.25) is 0 Å². The highest BCUT2D eigenvalue weighted by Crippen LogP contribution is 2.32. The molecule has 0 spiro atoms. The standard InChI is InChI=1S/C28H52O4/c1-23(2)17-11-7-5-6-9-15-21-31-27(29)25-19-13-14-20-26(25)28(30)32-22-16-10-8-12-18-24(3)4/h23-26H,5-22H2,1-4H3. The number of hydrogen-bond acceptors (Lipinski definition) is 4. The van der Waals surface area contributed by atoms with Crippen molar-refractivity contribution in [3.05, 3.63) is 0 Å². The summed E-state index contributed by atoms with van der Waals surface area (Å²) < 4.78 is 11.1. The molecule has 0 bridgehead atoms. The third-order valence-electron chi connectivity index (χ3n) is 6.71. The number of ether oxygens (including phenoxy) is 2. The topological polar surface area (TPSA) is 52.6 Å². The predicted octanol–water partition coefficient (Wildman–Crippen LogP) is 7.87. The quantitative estimate of drug-likeness (QED) is 0.157. The first-order chi connectivity index (χ1) is 15.4. The summed E-state index contributed by atoms with van der Waals surface area (Å²) in [5, 5.41) is 0. The van der Waals surface area contributed by atoms with Gasteiger partial charge in [-0.1, -0.05) is 105 Å². The number of unbranched alkanes of at least 4 members (excludes halogenated alkanes) is 8. The van der Waals surface area contributed by atoms with Gasteiger partial charge in [-0.15, -0.1) is 0 Å². The molecule has 0 aromatic heterocycles. The van der Waals surface area contributed by atoms with E-state index in [1.807, 2.05) is 0 Å². The Labute approximate surface area is 198 Å². The molecule has 0 radical (unpaired) electrons. The van der Waals surface area contributed by atoms with Gasteiger partial charge < -0.3 is 9.47 Å². The van der Waals surface area contributed by atoms with Gasteiger partial charge in [-0.3, -0.25) is 9.59 Å². The number of esters is 2. The van der Waals surface area contributed by atoms with Gasteiger partial charge in [-0.05, 0) is 37.5 Å². The first-order valence-electron chi connectivity index (χ1n) is 13.7. The number of hydrogen-bond donors (Lipinski definition) is 0. The van der Waals surface area contributed by atoms with E-state index >= 15 is 0 Å². The van der Waals surface area contributed by atoms with Gasteiger partial charge >= 0.3 is 11.9 Å². The summed E-state index contributed by atoms with van der Waals surface area (Å²) in [6.07, 6.45) is 17.7. The minimum absolute atomic E-state index is 0.183. The van der Waals surface area contributed by atoms with Gasteiger partial charge in [0, 0.05) is 0 Å². The van der Waals surface area contributed by atoms with Crippen molar-refractivity contribution in [2.45, 2.75) is 130 Å². The SMILES string of the molecule is CC(C)CCCCCCCCOC(=O)C1CCCCC1C(=O)OCCCCCCC(C)C. The zero-order valence-corrected chi connectivity index (χ0v) is 21.7. The fourth-order valence-corrected chi connectivity index (χ4v) is 4.62. The summed E-state index contributed by atoms with van der Waals surface area (Å²) in [6.45, 7) is 10.0. The normalized spacial score (nSPS) is 18.8. The Bertz CT molecular complexity index is 486. The van der Waals surface area contributed by atoms with E-state index in [0.717, 1.165) is 63.2 Å². The summed E-state index contributed by atoms with van der Waals surface area (Å²) in [4.78, 5) is 25.2. The van der Waals surface area contributed by atoms with Crippen LogP contribution >= 0.6 is 0 Å². The highest BCUT2D eigenvalue weighted by molar-refractivity contribution is 5.82. The van der Waals surface area contributed by atoms with Crippen molar-refractivity contribution in [3.63, 3.8) is 0 Å². The average molecular weight is 453 g/mol. The molecule has 0 aromatic rings. The van der Waals surface area contributed by atoms with Crippen LogP contribution in [0.1, 0.15) is 130 Å². The third kappa shape index (κ3) is 14.2. The number of carbonyl (C=O) groups excluding carboxylic acids is 2. The zero-order valence-electron chi connectivity index (χ0n) is 21.7. The molecule has 32 heavy (non-hydrogen) atoms. The van der Waals surface area contributed by atoms with Crippen LogP contribution in [0.3, 0.4) is 0 Å². The molecular weight excluding hydrogens is 400 g/mol. The second kappa shape index (κ2) is 18.4. The van der Waals surface area contributed by atoms with Crippen molar-refractivity contribution in [1.29, 1.82) is 0 Å². The first kappa shape index (κ1) is 29.0. The van der Waals surface area contributed by atoms with Gasteiger partial charge in [-0.2, -0.15) is 0 Å². The summed E-state index contributed by atoms with van der Waals surface area (Å²) in [6, 6.07) is 0. The van der Waals surface area contributed by atoms with E-state index in [0.29, 0.717) is 13.2 Å². The highest BCUT2D eigenvalue weighted by Gasteiger charge is 2.37. The Balaban J connectivity index is 2.17. The van der Waals surface area contributed by atoms with Crippen molar-refractivity contribution >= 4 is 11.9 Å². The Morgan fingerprint density at radius 3 is 1.31 bits per heavy atom. The lowest BCUT2D eigenvalue weighted by atomic mass is 9.79. The van der Waals surface area contributed by atoms with Gasteiger partial charge in [0.15, 0.2) is 0 Å². The molecule has 4 nitrogen and oxygen atoms in total. The number of rotatable bonds is 18. The van der Waals surface area contributed by atoms with Crippen LogP contribution in [0.4, 0.5) is 0 Å². The lowest BCUT2D eigenvalue weighted by Crippen LogP contribution is -2.35. The molecule has 1 aliphatic rings. The van der Waals surface area contributed by atoms with Gasteiger partial charge in [-0.25, -0.2) is 0 Å². The largest absolute Gasteiger partial charge is 0.465 e. The van der Waals surface area contributed by atoms with Crippen LogP contribution in [0.25, 0.3) is 0 Å². The molecule has 1 saturated carbocycles. The monoisotopic (exact) mass is 452 g/mol. The van der Waals surface area contributed by atoms with E-state index < -0.39 is 0 Å². The van der Waals surface area contributed by atoms with Crippen LogP contribution in [0.15, 0.2) is 0 Å². The summed E-state index contributed by atoms with van der Waals surface area (Å²) in [5.74, 6) is 0.578. The predicted molar refractivity (Wildman–Crippen MR) is 132 cm³/mol. The van der Waals surface area contributed by atoms with Crippen molar-refractivity contribution in [2.24, 2.45) is 23.7 Å². The van der Waals surface area contributed by atoms with E-state index in [1.54, 1.807) is 0 Å². The Hall–Kier alpha value is -1.06. The number of carbonyl (C=O) groups is 2. The van der Waals surface area contributed by atoms with Crippen LogP contribution in [0, 0.1) is 23.7 Å². The van der Waals surface area contributed by atoms with E-state index in [-0.39, 0.29) is 23.8 Å². The summed E-state index contributed by atoms with van der Waals surface area (Å²) in [7, 11) is 0. The van der Waals surface area contributed by atoms with Crippen LogP contribution in [0.5, 0.6) is 0 Å². The second-order valence-corrected chi connectivity index (χ2v) is 10.7. The minimum Gasteiger partial charge on any atom is -0.465 e. The molecule has 0 saturated heterocycles. The zero-order chi connectivity index (χ0) is 23.6. The van der Waals surface area contributed by atoms with E-state index in [2.05, 4.69) is 27.7 Å². The smallest absolute Gasteiger partial charge is 0.309 e. The fourth-order valence-electron chi connectivity index (χ4n) is 4.62. The molecule has 1 rings (SSSR count). The Kier molecular flexibility index (Phi) is 16.6. The van der Waals surface area contributed by atoms with Crippen molar-refractivity contribution < 1.29 is 19.1 Å². The van der Waals surface area contributed by atoms with Gasteiger partial charge in [0.2, 0.25) is 0 Å². The third-order valence-corrected chi connectivity index (χ3v) is 6.71. The molecule has 2 unspecified atom stereocenters. The van der Waals surface area contributed by atoms with E-state index in [1.165, 1.54) is 51.4 Å². The van der Waals surface area contributed by atoms with Crippen LogP contribution < -0.4 is 0 Å². The molecular formula is C28H52O4. The summed E-state index contributed by atoms with van der Waals surface area (Å²) in [5.41, 5.74) is 0. The Morgan fingerprint density at radius 2 is 0.938 bits per heavy atom. The lowest BCUT2D eigenvalue weighted by Gasteiger charge is -2.28. The van der Waals surface area contributed by atoms with Gasteiger partial charge in [0.1, 0.15) is 0 Å². The minimum atomic E-state index is -0.307. The average Bonchev–Trinajstić information content (AvgIpc) is 2.76. The second-order valence-electron chi connectivity index (χ2n) is 10.7. The summed E-state index contributed by atoms with van der Waals surface area (Å²) >= 11 is 0. The highest BCUT2D eigenvalue weighted by atomic mass is 16.5. The maximum absolute atomic E-state index is 12.6. The molecule has 4 heteroatoms. The van der Waals surface area contributed by atoms with Gasteiger partial charge in [0.05, 0.1) is 25.0 Å². The lowest BCUT2D eigenvalue weighted by molar-refractivity contribution is -0.163. The van der Waals surface area contributed by atoms with E-state index in [4.69, 9.17) is 9.47 Å². The molecule has 1 fully saturated rings. The maximum Gasteiger partial charge on any atom is 0.309 e. The first-order valence-corrected chi connectivity index (χ1v) is 13.7. The molecule has 2 atom stereocenters. The molecule has 0 aromatic carbocycles.